The molecule has 0 aliphatic heterocycles. The van der Waals surface area contributed by atoms with Crippen molar-refractivity contribution in [1.82, 2.24) is 9.78 Å². The average Bonchev–Trinajstić information content (AvgIpc) is 2.49. The number of methoxy groups -OCH3 is 1. The molecule has 2 rings (SSSR count). The molecule has 0 aliphatic carbocycles. The van der Waals surface area contributed by atoms with Crippen LogP contribution >= 0.6 is 0 Å². The first kappa shape index (κ1) is 16.0. The molecule has 1 aromatic carbocycles. The number of rotatable bonds is 6. The van der Waals surface area contributed by atoms with Gasteiger partial charge in [0.25, 0.3) is 5.56 Å². The lowest BCUT2D eigenvalue weighted by Crippen LogP contribution is -2.27. The molecule has 0 spiro atoms. The van der Waals surface area contributed by atoms with Crippen LogP contribution in [0.2, 0.25) is 0 Å². The lowest BCUT2D eigenvalue weighted by molar-refractivity contribution is 0.182. The van der Waals surface area contributed by atoms with Crippen LogP contribution in [-0.2, 0) is 11.3 Å². The summed E-state index contributed by atoms with van der Waals surface area (Å²) in [5.74, 6) is 0.791. The SMILES string of the molecule is COCCn1nc(-c2ccc(OC(C)C)cc2)cc(N)c1=O. The second-order valence-electron chi connectivity index (χ2n) is 5.20. The van der Waals surface area contributed by atoms with Crippen molar-refractivity contribution in [3.05, 3.63) is 40.7 Å². The highest BCUT2D eigenvalue weighted by atomic mass is 16.5. The summed E-state index contributed by atoms with van der Waals surface area (Å²) in [6.07, 6.45) is 0.121. The number of nitrogen functional groups attached to an aromatic ring is 1. The fraction of sp³-hybridized carbons (Fsp3) is 0.375. The Morgan fingerprint density at radius 1 is 1.27 bits per heavy atom. The predicted octanol–water partition coefficient (Wildman–Crippen LogP) is 1.93. The number of benzene rings is 1. The number of hydrogen-bond acceptors (Lipinski definition) is 5. The van der Waals surface area contributed by atoms with E-state index in [-0.39, 0.29) is 17.4 Å². The number of nitrogens with two attached hydrogens (primary N) is 1. The lowest BCUT2D eigenvalue weighted by atomic mass is 10.1. The standard InChI is InChI=1S/C16H21N3O3/c1-11(2)22-13-6-4-12(5-7-13)15-10-14(17)16(20)19(18-15)8-9-21-3/h4-7,10-11H,8-9,17H2,1-3H3. The second kappa shape index (κ2) is 7.09. The van der Waals surface area contributed by atoms with Crippen LogP contribution in [0, 0.1) is 0 Å². The molecule has 6 nitrogen and oxygen atoms in total. The van der Waals surface area contributed by atoms with Gasteiger partial charge in [-0.2, -0.15) is 5.10 Å². The molecule has 0 saturated heterocycles. The highest BCUT2D eigenvalue weighted by Crippen LogP contribution is 2.21. The highest BCUT2D eigenvalue weighted by molar-refractivity contribution is 5.62. The van der Waals surface area contributed by atoms with E-state index < -0.39 is 0 Å². The van der Waals surface area contributed by atoms with E-state index in [0.717, 1.165) is 11.3 Å². The van der Waals surface area contributed by atoms with E-state index in [1.807, 2.05) is 38.1 Å². The van der Waals surface area contributed by atoms with Crippen LogP contribution in [0.5, 0.6) is 5.75 Å². The largest absolute Gasteiger partial charge is 0.491 e. The van der Waals surface area contributed by atoms with Crippen molar-refractivity contribution in [2.75, 3.05) is 19.5 Å². The Morgan fingerprint density at radius 2 is 1.95 bits per heavy atom. The minimum Gasteiger partial charge on any atom is -0.491 e. The zero-order chi connectivity index (χ0) is 16.1. The molecule has 22 heavy (non-hydrogen) atoms. The van der Waals surface area contributed by atoms with Crippen molar-refractivity contribution in [2.24, 2.45) is 0 Å². The predicted molar refractivity (Wildman–Crippen MR) is 86.0 cm³/mol. The minimum absolute atomic E-state index is 0.121. The van der Waals surface area contributed by atoms with Gasteiger partial charge in [0.2, 0.25) is 0 Å². The minimum atomic E-state index is -0.305. The van der Waals surface area contributed by atoms with Crippen molar-refractivity contribution < 1.29 is 9.47 Å². The summed E-state index contributed by atoms with van der Waals surface area (Å²) in [7, 11) is 1.58. The molecule has 0 bridgehead atoms. The third kappa shape index (κ3) is 3.85. The van der Waals surface area contributed by atoms with Gasteiger partial charge in [-0.1, -0.05) is 0 Å². The zero-order valence-electron chi connectivity index (χ0n) is 13.1. The Kier molecular flexibility index (Phi) is 5.16. The Bertz CT molecular complexity index is 678. The third-order valence-corrected chi connectivity index (χ3v) is 3.03. The maximum absolute atomic E-state index is 11.9. The van der Waals surface area contributed by atoms with E-state index in [9.17, 15) is 4.79 Å². The van der Waals surface area contributed by atoms with Gasteiger partial charge in [-0.25, -0.2) is 4.68 Å². The Hall–Kier alpha value is -2.34. The van der Waals surface area contributed by atoms with Crippen LogP contribution in [0.1, 0.15) is 13.8 Å². The molecule has 0 atom stereocenters. The molecule has 2 N–H and O–H groups in total. The molecule has 1 aromatic heterocycles. The Labute approximate surface area is 129 Å². The van der Waals surface area contributed by atoms with Crippen LogP contribution in [0.4, 0.5) is 5.69 Å². The lowest BCUT2D eigenvalue weighted by Gasteiger charge is -2.11. The van der Waals surface area contributed by atoms with Gasteiger partial charge in [0.1, 0.15) is 11.4 Å². The van der Waals surface area contributed by atoms with Crippen molar-refractivity contribution >= 4 is 5.69 Å². The number of hydrogen-bond donors (Lipinski definition) is 1. The van der Waals surface area contributed by atoms with Gasteiger partial charge in [0, 0.05) is 12.7 Å². The molecule has 0 fully saturated rings. The molecule has 0 aliphatic rings. The maximum Gasteiger partial charge on any atom is 0.289 e. The molecule has 118 valence electrons. The fourth-order valence-electron chi connectivity index (χ4n) is 2.01. The smallest absolute Gasteiger partial charge is 0.289 e. The topological polar surface area (TPSA) is 79.4 Å². The molecule has 0 saturated carbocycles. The van der Waals surface area contributed by atoms with Gasteiger partial charge >= 0.3 is 0 Å². The zero-order valence-corrected chi connectivity index (χ0v) is 13.1. The van der Waals surface area contributed by atoms with Gasteiger partial charge in [-0.15, -0.1) is 0 Å². The average molecular weight is 303 g/mol. The monoisotopic (exact) mass is 303 g/mol. The van der Waals surface area contributed by atoms with Gasteiger partial charge in [-0.3, -0.25) is 4.79 Å². The quantitative estimate of drug-likeness (QED) is 0.882. The van der Waals surface area contributed by atoms with E-state index in [4.69, 9.17) is 15.2 Å². The van der Waals surface area contributed by atoms with Crippen LogP contribution < -0.4 is 16.0 Å². The van der Waals surface area contributed by atoms with E-state index in [1.54, 1.807) is 13.2 Å². The van der Waals surface area contributed by atoms with Gasteiger partial charge < -0.3 is 15.2 Å². The number of nitrogens with zero attached hydrogens (tertiary/aromatic N) is 2. The molecule has 0 radical (unpaired) electrons. The number of ether oxygens (including phenoxy) is 2. The first-order chi connectivity index (χ1) is 10.5. The van der Waals surface area contributed by atoms with Crippen LogP contribution in [0.25, 0.3) is 11.3 Å². The molecule has 2 aromatic rings. The van der Waals surface area contributed by atoms with E-state index in [0.29, 0.717) is 18.8 Å². The molecule has 6 heteroatoms. The summed E-state index contributed by atoms with van der Waals surface area (Å²) in [6.45, 7) is 4.71. The van der Waals surface area contributed by atoms with E-state index in [1.165, 1.54) is 4.68 Å². The molecular weight excluding hydrogens is 282 g/mol. The van der Waals surface area contributed by atoms with Crippen LogP contribution in [0.15, 0.2) is 35.1 Å². The van der Waals surface area contributed by atoms with Crippen molar-refractivity contribution in [3.8, 4) is 17.0 Å². The first-order valence-electron chi connectivity index (χ1n) is 7.15. The van der Waals surface area contributed by atoms with Crippen molar-refractivity contribution in [3.63, 3.8) is 0 Å². The van der Waals surface area contributed by atoms with E-state index >= 15 is 0 Å². The van der Waals surface area contributed by atoms with Crippen molar-refractivity contribution in [2.45, 2.75) is 26.5 Å². The third-order valence-electron chi connectivity index (χ3n) is 3.03. The second-order valence-corrected chi connectivity index (χ2v) is 5.20. The summed E-state index contributed by atoms with van der Waals surface area (Å²) >= 11 is 0. The number of aromatic nitrogens is 2. The summed E-state index contributed by atoms with van der Waals surface area (Å²) < 4.78 is 11.9. The van der Waals surface area contributed by atoms with Crippen LogP contribution in [0.3, 0.4) is 0 Å². The summed E-state index contributed by atoms with van der Waals surface area (Å²) in [5.41, 5.74) is 7.16. The van der Waals surface area contributed by atoms with E-state index in [2.05, 4.69) is 5.10 Å². The summed E-state index contributed by atoms with van der Waals surface area (Å²) in [6, 6.07) is 9.12. The fourth-order valence-corrected chi connectivity index (χ4v) is 2.01. The van der Waals surface area contributed by atoms with Crippen LogP contribution in [-0.4, -0.2) is 29.6 Å². The van der Waals surface area contributed by atoms with Crippen molar-refractivity contribution in [1.29, 1.82) is 0 Å². The molecule has 0 unspecified atom stereocenters. The molecule has 1 heterocycles. The number of anilines is 1. The summed E-state index contributed by atoms with van der Waals surface area (Å²) in [5, 5.41) is 4.33. The molecular formula is C16H21N3O3. The van der Waals surface area contributed by atoms with Gasteiger partial charge in [0.15, 0.2) is 0 Å². The van der Waals surface area contributed by atoms with Gasteiger partial charge in [0.05, 0.1) is 24.9 Å². The highest BCUT2D eigenvalue weighted by Gasteiger charge is 2.08. The molecule has 0 amide bonds. The normalized spacial score (nSPS) is 10.9. The Balaban J connectivity index is 2.31. The Morgan fingerprint density at radius 3 is 2.55 bits per heavy atom. The maximum atomic E-state index is 11.9. The first-order valence-corrected chi connectivity index (χ1v) is 7.15. The summed E-state index contributed by atoms with van der Waals surface area (Å²) in [4.78, 5) is 11.9. The van der Waals surface area contributed by atoms with Gasteiger partial charge in [-0.05, 0) is 44.2 Å².